The van der Waals surface area contributed by atoms with Crippen molar-refractivity contribution in [1.82, 2.24) is 19.3 Å². The van der Waals surface area contributed by atoms with Crippen LogP contribution in [0.2, 0.25) is 0 Å². The average Bonchev–Trinajstić information content (AvgIpc) is 2.85. The fraction of sp³-hybridized carbons (Fsp3) is 0.500. The van der Waals surface area contributed by atoms with Gasteiger partial charge in [0.05, 0.1) is 11.9 Å². The third-order valence-corrected chi connectivity index (χ3v) is 3.07. The number of nitrogens with two attached hydrogens (primary N) is 1. The molecule has 0 aromatic carbocycles. The van der Waals surface area contributed by atoms with E-state index in [1.54, 1.807) is 6.33 Å². The molecule has 5 heteroatoms. The van der Waals surface area contributed by atoms with Gasteiger partial charge in [-0.15, -0.1) is 0 Å². The second-order valence-corrected chi connectivity index (χ2v) is 4.73. The minimum atomic E-state index is -0.0280. The molecule has 0 fully saturated rings. The molecule has 1 atom stereocenters. The zero-order valence-corrected chi connectivity index (χ0v) is 10.8. The summed E-state index contributed by atoms with van der Waals surface area (Å²) in [5.74, 6) is 1.24. The largest absolute Gasteiger partial charge is 0.322 e. The van der Waals surface area contributed by atoms with Crippen LogP contribution in [0.3, 0.4) is 0 Å². The van der Waals surface area contributed by atoms with Gasteiger partial charge in [0.15, 0.2) is 5.82 Å². The van der Waals surface area contributed by atoms with E-state index >= 15 is 0 Å². The maximum absolute atomic E-state index is 6.17. The van der Waals surface area contributed by atoms with Gasteiger partial charge in [-0.05, 0) is 12.8 Å². The first-order valence-electron chi connectivity index (χ1n) is 5.79. The van der Waals surface area contributed by atoms with Crippen molar-refractivity contribution in [2.24, 2.45) is 18.7 Å². The zero-order chi connectivity index (χ0) is 12.6. The number of nitrogens with zero attached hydrogens (tertiary/aromatic N) is 4. The fourth-order valence-electron chi connectivity index (χ4n) is 1.74. The molecule has 5 nitrogen and oxygen atoms in total. The van der Waals surface area contributed by atoms with Crippen LogP contribution in [-0.2, 0) is 7.05 Å². The minimum Gasteiger partial charge on any atom is -0.322 e. The Kier molecular flexibility index (Phi) is 3.02. The first-order valence-corrected chi connectivity index (χ1v) is 5.79. The third kappa shape index (κ3) is 2.10. The summed E-state index contributed by atoms with van der Waals surface area (Å²) in [6.45, 7) is 6.23. The first-order chi connectivity index (χ1) is 8.00. The van der Waals surface area contributed by atoms with E-state index in [2.05, 4.69) is 23.9 Å². The van der Waals surface area contributed by atoms with Crippen molar-refractivity contribution >= 4 is 0 Å². The summed E-state index contributed by atoms with van der Waals surface area (Å²) < 4.78 is 3.80. The molecule has 17 heavy (non-hydrogen) atoms. The predicted molar refractivity (Wildman–Crippen MR) is 66.8 cm³/mol. The van der Waals surface area contributed by atoms with Crippen molar-refractivity contribution in [2.75, 3.05) is 0 Å². The standard InChI is InChI=1S/C12H19N5/c1-8(2)12(13)10-6-14-7-17(10)11-5-9(3)16(4)15-11/h5-8,12H,13H2,1-4H3. The highest BCUT2D eigenvalue weighted by atomic mass is 15.3. The lowest BCUT2D eigenvalue weighted by Crippen LogP contribution is -2.20. The Bertz CT molecular complexity index is 489. The number of aryl methyl sites for hydroxylation is 2. The molecule has 2 N–H and O–H groups in total. The van der Waals surface area contributed by atoms with Crippen LogP contribution in [0.25, 0.3) is 5.82 Å². The monoisotopic (exact) mass is 233 g/mol. The van der Waals surface area contributed by atoms with Crippen molar-refractivity contribution in [3.05, 3.63) is 30.0 Å². The normalized spacial score (nSPS) is 13.3. The molecule has 0 amide bonds. The lowest BCUT2D eigenvalue weighted by atomic mass is 10.0. The number of aromatic nitrogens is 4. The van der Waals surface area contributed by atoms with Crippen LogP contribution < -0.4 is 5.73 Å². The molecule has 92 valence electrons. The molecule has 0 aliphatic carbocycles. The van der Waals surface area contributed by atoms with Gasteiger partial charge in [-0.25, -0.2) is 4.98 Å². The van der Waals surface area contributed by atoms with E-state index in [1.165, 1.54) is 0 Å². The lowest BCUT2D eigenvalue weighted by Gasteiger charge is -2.16. The summed E-state index contributed by atoms with van der Waals surface area (Å²) in [6, 6.07) is 2.00. The van der Waals surface area contributed by atoms with Gasteiger partial charge in [0.1, 0.15) is 6.33 Å². The van der Waals surface area contributed by atoms with E-state index in [1.807, 2.05) is 35.5 Å². The maximum atomic E-state index is 6.17. The van der Waals surface area contributed by atoms with Gasteiger partial charge in [-0.3, -0.25) is 9.25 Å². The topological polar surface area (TPSA) is 61.7 Å². The molecule has 0 aliphatic rings. The molecule has 0 spiro atoms. The van der Waals surface area contributed by atoms with E-state index in [0.717, 1.165) is 17.2 Å². The van der Waals surface area contributed by atoms with Crippen molar-refractivity contribution < 1.29 is 0 Å². The smallest absolute Gasteiger partial charge is 0.160 e. The van der Waals surface area contributed by atoms with Crippen molar-refractivity contribution in [2.45, 2.75) is 26.8 Å². The van der Waals surface area contributed by atoms with Crippen molar-refractivity contribution in [3.8, 4) is 5.82 Å². The number of hydrogen-bond acceptors (Lipinski definition) is 3. The molecule has 0 radical (unpaired) electrons. The predicted octanol–water partition coefficient (Wildman–Crippen LogP) is 1.57. The van der Waals surface area contributed by atoms with Gasteiger partial charge in [0, 0.05) is 24.8 Å². The van der Waals surface area contributed by atoms with Crippen molar-refractivity contribution in [3.63, 3.8) is 0 Å². The highest BCUT2D eigenvalue weighted by molar-refractivity contribution is 5.28. The summed E-state index contributed by atoms with van der Waals surface area (Å²) in [5, 5.41) is 4.44. The molecule has 2 heterocycles. The van der Waals surface area contributed by atoms with Gasteiger partial charge in [0.25, 0.3) is 0 Å². The first kappa shape index (κ1) is 11.9. The van der Waals surface area contributed by atoms with E-state index in [0.29, 0.717) is 5.92 Å². The quantitative estimate of drug-likeness (QED) is 0.875. The summed E-state index contributed by atoms with van der Waals surface area (Å²) >= 11 is 0. The SMILES string of the molecule is Cc1cc(-n2cncc2C(N)C(C)C)nn1C. The Labute approximate surface area is 101 Å². The highest BCUT2D eigenvalue weighted by Crippen LogP contribution is 2.21. The van der Waals surface area contributed by atoms with Crippen LogP contribution in [0, 0.1) is 12.8 Å². The number of hydrogen-bond donors (Lipinski definition) is 1. The molecule has 1 unspecified atom stereocenters. The molecule has 2 rings (SSSR count). The second kappa shape index (κ2) is 4.33. The van der Waals surface area contributed by atoms with Crippen molar-refractivity contribution in [1.29, 1.82) is 0 Å². The van der Waals surface area contributed by atoms with Gasteiger partial charge in [0.2, 0.25) is 0 Å². The summed E-state index contributed by atoms with van der Waals surface area (Å²) in [5.41, 5.74) is 8.28. The molecule has 0 bridgehead atoms. The number of rotatable bonds is 3. The zero-order valence-electron chi connectivity index (χ0n) is 10.8. The third-order valence-electron chi connectivity index (χ3n) is 3.07. The Morgan fingerprint density at radius 3 is 2.59 bits per heavy atom. The van der Waals surface area contributed by atoms with Crippen LogP contribution in [0.4, 0.5) is 0 Å². The molecular weight excluding hydrogens is 214 g/mol. The average molecular weight is 233 g/mol. The summed E-state index contributed by atoms with van der Waals surface area (Å²) in [4.78, 5) is 4.17. The second-order valence-electron chi connectivity index (χ2n) is 4.73. The van der Waals surface area contributed by atoms with Gasteiger partial charge < -0.3 is 5.73 Å². The Hall–Kier alpha value is -1.62. The van der Waals surface area contributed by atoms with Crippen LogP contribution in [-0.4, -0.2) is 19.3 Å². The van der Waals surface area contributed by atoms with Crippen LogP contribution in [0.5, 0.6) is 0 Å². The van der Waals surface area contributed by atoms with Gasteiger partial charge >= 0.3 is 0 Å². The molecule has 0 saturated heterocycles. The highest BCUT2D eigenvalue weighted by Gasteiger charge is 2.17. The van der Waals surface area contributed by atoms with E-state index in [-0.39, 0.29) is 6.04 Å². The molecule has 2 aromatic heterocycles. The van der Waals surface area contributed by atoms with Gasteiger partial charge in [-0.2, -0.15) is 5.10 Å². The molecular formula is C12H19N5. The summed E-state index contributed by atoms with van der Waals surface area (Å²) in [6.07, 6.45) is 3.58. The molecule has 0 saturated carbocycles. The van der Waals surface area contributed by atoms with Gasteiger partial charge in [-0.1, -0.05) is 13.8 Å². The lowest BCUT2D eigenvalue weighted by molar-refractivity contribution is 0.495. The number of imidazole rings is 1. The Balaban J connectivity index is 2.43. The van der Waals surface area contributed by atoms with E-state index in [9.17, 15) is 0 Å². The molecule has 0 aliphatic heterocycles. The fourth-order valence-corrected chi connectivity index (χ4v) is 1.74. The van der Waals surface area contributed by atoms with E-state index in [4.69, 9.17) is 5.73 Å². The maximum Gasteiger partial charge on any atom is 0.160 e. The summed E-state index contributed by atoms with van der Waals surface area (Å²) in [7, 11) is 1.93. The van der Waals surface area contributed by atoms with Crippen LogP contribution >= 0.6 is 0 Å². The Morgan fingerprint density at radius 2 is 2.06 bits per heavy atom. The molecule has 2 aromatic rings. The Morgan fingerprint density at radius 1 is 1.35 bits per heavy atom. The van der Waals surface area contributed by atoms with Crippen LogP contribution in [0.1, 0.15) is 31.3 Å². The minimum absolute atomic E-state index is 0.0280. The van der Waals surface area contributed by atoms with Crippen LogP contribution in [0.15, 0.2) is 18.6 Å². The van der Waals surface area contributed by atoms with E-state index < -0.39 is 0 Å².